The molecule has 0 unspecified atom stereocenters. The van der Waals surface area contributed by atoms with Gasteiger partial charge in [-0.05, 0) is 75.3 Å². The maximum Gasteiger partial charge on any atom is 0.164 e. The number of furan rings is 1. The molecule has 0 amide bonds. The lowest BCUT2D eigenvalue weighted by molar-refractivity contribution is 0.670. The Bertz CT molecular complexity index is 3610. The van der Waals surface area contributed by atoms with Gasteiger partial charge in [-0.3, -0.25) is 0 Å². The first kappa shape index (κ1) is 35.9. The number of aromatic nitrogens is 3. The van der Waals surface area contributed by atoms with E-state index in [1.807, 2.05) is 24.3 Å². The highest BCUT2D eigenvalue weighted by atomic mass is 32.1. The molecule has 0 atom stereocenters. The van der Waals surface area contributed by atoms with Crippen LogP contribution in [0.25, 0.3) is 121 Å². The van der Waals surface area contributed by atoms with Gasteiger partial charge in [0.2, 0.25) is 0 Å². The fourth-order valence-corrected chi connectivity index (χ4v) is 9.76. The number of hydrogen-bond donors (Lipinski definition) is 0. The van der Waals surface area contributed by atoms with E-state index in [4.69, 9.17) is 19.4 Å². The first-order valence-corrected chi connectivity index (χ1v) is 21.6. The first-order chi connectivity index (χ1) is 30.7. The van der Waals surface area contributed by atoms with E-state index in [1.54, 1.807) is 11.3 Å². The van der Waals surface area contributed by atoms with Crippen molar-refractivity contribution in [3.8, 4) is 78.7 Å². The van der Waals surface area contributed by atoms with Gasteiger partial charge in [0, 0.05) is 53.2 Å². The summed E-state index contributed by atoms with van der Waals surface area (Å²) in [5, 5.41) is 4.43. The summed E-state index contributed by atoms with van der Waals surface area (Å²) in [4.78, 5) is 15.7. The standard InChI is InChI=1S/C57H35N3OS/c1-3-12-36(13-4-1)37-24-26-38(27-25-37)42-16-9-17-43(34-42)39-28-30-41(31-29-39)55-58-56(44-32-33-52-49(35-44)46-18-7-8-23-51(46)62-52)60-57(59-55)48-21-11-22-50-53(48)47-20-10-19-45(54(47)61-50)40-14-5-2-6-15-40/h1-35H. The lowest BCUT2D eigenvalue weighted by Crippen LogP contribution is -2.00. The van der Waals surface area contributed by atoms with Crippen LogP contribution in [-0.2, 0) is 0 Å². The van der Waals surface area contributed by atoms with Crippen molar-refractivity contribution < 1.29 is 4.42 Å². The van der Waals surface area contributed by atoms with Crippen LogP contribution in [0.2, 0.25) is 0 Å². The summed E-state index contributed by atoms with van der Waals surface area (Å²) in [5.74, 6) is 1.81. The predicted octanol–water partition coefficient (Wildman–Crippen LogP) is 15.8. The van der Waals surface area contributed by atoms with Gasteiger partial charge < -0.3 is 4.42 Å². The number of rotatable bonds is 7. The average molecular weight is 810 g/mol. The summed E-state index contributed by atoms with van der Waals surface area (Å²) in [5.41, 5.74) is 13.5. The van der Waals surface area contributed by atoms with Crippen molar-refractivity contribution in [2.45, 2.75) is 0 Å². The molecule has 0 N–H and O–H groups in total. The molecule has 3 heterocycles. The monoisotopic (exact) mass is 809 g/mol. The fraction of sp³-hybridized carbons (Fsp3) is 0. The third-order valence-electron chi connectivity index (χ3n) is 11.8. The van der Waals surface area contributed by atoms with Crippen molar-refractivity contribution in [3.05, 3.63) is 212 Å². The number of para-hydroxylation sites is 1. The minimum absolute atomic E-state index is 0.591. The lowest BCUT2D eigenvalue weighted by atomic mass is 9.97. The topological polar surface area (TPSA) is 51.8 Å². The highest BCUT2D eigenvalue weighted by Crippen LogP contribution is 2.41. The molecule has 0 fully saturated rings. The van der Waals surface area contributed by atoms with E-state index in [1.165, 1.54) is 42.4 Å². The van der Waals surface area contributed by atoms with E-state index in [-0.39, 0.29) is 0 Å². The largest absolute Gasteiger partial charge is 0.455 e. The quantitative estimate of drug-likeness (QED) is 0.161. The minimum Gasteiger partial charge on any atom is -0.455 e. The molecule has 290 valence electrons. The molecular formula is C57H35N3OS. The Morgan fingerprint density at radius 2 is 0.806 bits per heavy atom. The second-order valence-electron chi connectivity index (χ2n) is 15.5. The van der Waals surface area contributed by atoms with Crippen LogP contribution in [0.15, 0.2) is 217 Å². The van der Waals surface area contributed by atoms with Crippen molar-refractivity contribution in [2.75, 3.05) is 0 Å². The Hall–Kier alpha value is -7.99. The van der Waals surface area contributed by atoms with Crippen molar-refractivity contribution >= 4 is 53.4 Å². The number of nitrogens with zero attached hydrogens (tertiary/aromatic N) is 3. The van der Waals surface area contributed by atoms with E-state index in [9.17, 15) is 0 Å². The number of hydrogen-bond acceptors (Lipinski definition) is 5. The summed E-state index contributed by atoms with van der Waals surface area (Å²) in [7, 11) is 0. The van der Waals surface area contributed by atoms with Gasteiger partial charge >= 0.3 is 0 Å². The molecule has 0 saturated heterocycles. The molecule has 9 aromatic carbocycles. The molecule has 0 spiro atoms. The molecule has 3 aromatic heterocycles. The van der Waals surface area contributed by atoms with Crippen molar-refractivity contribution in [1.29, 1.82) is 0 Å². The van der Waals surface area contributed by atoms with Gasteiger partial charge in [0.05, 0.1) is 0 Å². The molecule has 0 bridgehead atoms. The van der Waals surface area contributed by atoms with Crippen LogP contribution < -0.4 is 0 Å². The molecule has 4 nitrogen and oxygen atoms in total. The predicted molar refractivity (Wildman–Crippen MR) is 258 cm³/mol. The third kappa shape index (κ3) is 6.35. The SMILES string of the molecule is c1ccc(-c2ccc(-c3cccc(-c4ccc(-c5nc(-c6ccc7sc8ccccc8c7c6)nc(-c6cccc7oc8c(-c9ccccc9)cccc8c67)n5)cc4)c3)cc2)cc1. The molecule has 12 aromatic rings. The van der Waals surface area contributed by atoms with Gasteiger partial charge in [0.15, 0.2) is 17.5 Å². The molecular weight excluding hydrogens is 775 g/mol. The zero-order chi connectivity index (χ0) is 41.0. The Labute approximate surface area is 362 Å². The minimum atomic E-state index is 0.591. The molecule has 0 radical (unpaired) electrons. The molecule has 0 aliphatic heterocycles. The Kier molecular flexibility index (Phi) is 8.65. The molecule has 0 aliphatic rings. The van der Waals surface area contributed by atoms with E-state index in [2.05, 4.69) is 188 Å². The van der Waals surface area contributed by atoms with Gasteiger partial charge in [0.25, 0.3) is 0 Å². The molecule has 62 heavy (non-hydrogen) atoms. The van der Waals surface area contributed by atoms with Crippen LogP contribution in [-0.4, -0.2) is 15.0 Å². The number of fused-ring (bicyclic) bond motifs is 6. The van der Waals surface area contributed by atoms with Gasteiger partial charge in [0.1, 0.15) is 11.2 Å². The van der Waals surface area contributed by atoms with Crippen LogP contribution in [0.5, 0.6) is 0 Å². The van der Waals surface area contributed by atoms with E-state index >= 15 is 0 Å². The van der Waals surface area contributed by atoms with Gasteiger partial charge in [-0.15, -0.1) is 11.3 Å². The van der Waals surface area contributed by atoms with Crippen LogP contribution in [0, 0.1) is 0 Å². The smallest absolute Gasteiger partial charge is 0.164 e. The maximum atomic E-state index is 6.66. The maximum absolute atomic E-state index is 6.66. The third-order valence-corrected chi connectivity index (χ3v) is 12.9. The molecule has 5 heteroatoms. The van der Waals surface area contributed by atoms with E-state index in [0.29, 0.717) is 17.5 Å². The van der Waals surface area contributed by atoms with E-state index < -0.39 is 0 Å². The zero-order valence-electron chi connectivity index (χ0n) is 33.4. The molecule has 0 aliphatic carbocycles. The zero-order valence-corrected chi connectivity index (χ0v) is 34.2. The first-order valence-electron chi connectivity index (χ1n) is 20.7. The summed E-state index contributed by atoms with van der Waals surface area (Å²) in [6, 6.07) is 74.6. The summed E-state index contributed by atoms with van der Waals surface area (Å²) in [6.07, 6.45) is 0. The Balaban J connectivity index is 0.967. The van der Waals surface area contributed by atoms with Crippen molar-refractivity contribution in [1.82, 2.24) is 15.0 Å². The average Bonchev–Trinajstić information content (AvgIpc) is 3.93. The number of thiophene rings is 1. The summed E-state index contributed by atoms with van der Waals surface area (Å²) < 4.78 is 9.15. The molecule has 12 rings (SSSR count). The van der Waals surface area contributed by atoms with E-state index in [0.717, 1.165) is 60.9 Å². The lowest BCUT2D eigenvalue weighted by Gasteiger charge is -2.11. The Morgan fingerprint density at radius 1 is 0.306 bits per heavy atom. The molecule has 0 saturated carbocycles. The van der Waals surface area contributed by atoms with Crippen LogP contribution in [0.1, 0.15) is 0 Å². The highest BCUT2D eigenvalue weighted by molar-refractivity contribution is 7.25. The summed E-state index contributed by atoms with van der Waals surface area (Å²) in [6.45, 7) is 0. The van der Waals surface area contributed by atoms with Gasteiger partial charge in [-0.1, -0.05) is 176 Å². The van der Waals surface area contributed by atoms with Crippen LogP contribution >= 0.6 is 11.3 Å². The normalized spacial score (nSPS) is 11.5. The number of benzene rings is 9. The second kappa shape index (κ2) is 14.9. The van der Waals surface area contributed by atoms with Crippen molar-refractivity contribution in [2.24, 2.45) is 0 Å². The van der Waals surface area contributed by atoms with Crippen LogP contribution in [0.3, 0.4) is 0 Å². The van der Waals surface area contributed by atoms with Gasteiger partial charge in [-0.25, -0.2) is 15.0 Å². The van der Waals surface area contributed by atoms with Gasteiger partial charge in [-0.2, -0.15) is 0 Å². The van der Waals surface area contributed by atoms with Crippen LogP contribution in [0.4, 0.5) is 0 Å². The highest BCUT2D eigenvalue weighted by Gasteiger charge is 2.20. The fourth-order valence-electron chi connectivity index (χ4n) is 8.67. The summed E-state index contributed by atoms with van der Waals surface area (Å²) >= 11 is 1.80. The van der Waals surface area contributed by atoms with Crippen molar-refractivity contribution in [3.63, 3.8) is 0 Å². The Morgan fingerprint density at radius 3 is 1.55 bits per heavy atom. The second-order valence-corrected chi connectivity index (χ2v) is 16.6.